The van der Waals surface area contributed by atoms with Crippen LogP contribution in [0.4, 0.5) is 5.82 Å². The smallest absolute Gasteiger partial charge is 0.251 e. The summed E-state index contributed by atoms with van der Waals surface area (Å²) in [6.45, 7) is 10.4. The van der Waals surface area contributed by atoms with Gasteiger partial charge in [0.25, 0.3) is 5.91 Å². The van der Waals surface area contributed by atoms with Gasteiger partial charge in [0.15, 0.2) is 5.16 Å². The molecule has 0 radical (unpaired) electrons. The van der Waals surface area contributed by atoms with Gasteiger partial charge in [0.2, 0.25) is 0 Å². The molecule has 3 heterocycles. The molecule has 1 N–H and O–H groups in total. The van der Waals surface area contributed by atoms with Crippen LogP contribution in [-0.4, -0.2) is 72.8 Å². The molecule has 2 saturated heterocycles. The van der Waals surface area contributed by atoms with E-state index >= 15 is 0 Å². The van der Waals surface area contributed by atoms with Gasteiger partial charge in [-0.2, -0.15) is 0 Å². The second-order valence-corrected chi connectivity index (χ2v) is 11.4. The van der Waals surface area contributed by atoms with Crippen molar-refractivity contribution >= 4 is 29.6 Å². The average Bonchev–Trinajstić information content (AvgIpc) is 3.51. The molecule has 2 aliphatic rings. The summed E-state index contributed by atoms with van der Waals surface area (Å²) in [5.41, 5.74) is 5.15. The van der Waals surface area contributed by atoms with Crippen LogP contribution in [0.15, 0.2) is 65.8 Å². The summed E-state index contributed by atoms with van der Waals surface area (Å²) in [4.78, 5) is 27.3. The monoisotopic (exact) mass is 557 g/mol. The van der Waals surface area contributed by atoms with Crippen molar-refractivity contribution in [2.24, 2.45) is 0 Å². The van der Waals surface area contributed by atoms with Crippen molar-refractivity contribution < 1.29 is 9.53 Å². The lowest BCUT2D eigenvalue weighted by molar-refractivity contribution is 0.0857. The number of hydrogen-bond donors (Lipinski definition) is 1. The molecule has 40 heavy (non-hydrogen) atoms. The van der Waals surface area contributed by atoms with Gasteiger partial charge in [0, 0.05) is 68.4 Å². The highest BCUT2D eigenvalue weighted by atomic mass is 32.2. The summed E-state index contributed by atoms with van der Waals surface area (Å²) in [5.74, 6) is 1.69. The van der Waals surface area contributed by atoms with Crippen molar-refractivity contribution in [3.05, 3.63) is 88.6 Å². The fourth-order valence-electron chi connectivity index (χ4n) is 5.07. The third-order valence-electron chi connectivity index (χ3n) is 7.56. The van der Waals surface area contributed by atoms with E-state index in [1.807, 2.05) is 24.3 Å². The van der Waals surface area contributed by atoms with Gasteiger partial charge in [0.05, 0.1) is 6.10 Å². The van der Waals surface area contributed by atoms with Crippen molar-refractivity contribution in [2.75, 3.05) is 50.8 Å². The van der Waals surface area contributed by atoms with E-state index in [2.05, 4.69) is 71.4 Å². The van der Waals surface area contributed by atoms with Gasteiger partial charge in [-0.25, -0.2) is 9.97 Å². The number of aryl methyl sites for hydroxylation is 1. The van der Waals surface area contributed by atoms with Crippen LogP contribution in [0.3, 0.4) is 0 Å². The number of aromatic nitrogens is 2. The molecule has 2 fully saturated rings. The Morgan fingerprint density at radius 3 is 2.67 bits per heavy atom. The Hall–Kier alpha value is -3.20. The lowest BCUT2D eigenvalue weighted by atomic mass is 10.1. The Kier molecular flexibility index (Phi) is 9.86. The molecule has 1 aromatic heterocycles. The first kappa shape index (κ1) is 28.3. The third kappa shape index (κ3) is 7.71. The lowest BCUT2D eigenvalue weighted by Crippen LogP contribution is -2.47. The molecule has 2 aromatic carbocycles. The van der Waals surface area contributed by atoms with Gasteiger partial charge >= 0.3 is 0 Å². The molecule has 0 spiro atoms. The van der Waals surface area contributed by atoms with Crippen LogP contribution in [0.1, 0.15) is 45.6 Å². The molecule has 210 valence electrons. The van der Waals surface area contributed by atoms with E-state index in [1.165, 1.54) is 5.56 Å². The topological polar surface area (TPSA) is 70.6 Å². The molecule has 3 aromatic rings. The van der Waals surface area contributed by atoms with E-state index in [1.54, 1.807) is 11.8 Å². The van der Waals surface area contributed by atoms with Crippen LogP contribution >= 0.6 is 11.8 Å². The Balaban J connectivity index is 1.15. The fourth-order valence-corrected chi connectivity index (χ4v) is 5.90. The quantitative estimate of drug-likeness (QED) is 0.274. The molecule has 0 bridgehead atoms. The average molecular weight is 558 g/mol. The maximum atomic E-state index is 12.7. The van der Waals surface area contributed by atoms with E-state index < -0.39 is 0 Å². The summed E-state index contributed by atoms with van der Waals surface area (Å²) < 4.78 is 5.62. The molecule has 0 unspecified atom stereocenters. The van der Waals surface area contributed by atoms with Crippen LogP contribution in [0.2, 0.25) is 0 Å². The minimum atomic E-state index is -0.0539. The van der Waals surface area contributed by atoms with Crippen molar-refractivity contribution in [1.82, 2.24) is 20.2 Å². The molecular weight excluding hydrogens is 518 g/mol. The Labute approximate surface area is 242 Å². The van der Waals surface area contributed by atoms with Crippen LogP contribution in [0.25, 0.3) is 6.08 Å². The van der Waals surface area contributed by atoms with E-state index in [0.29, 0.717) is 17.9 Å². The molecule has 5 rings (SSSR count). The zero-order valence-electron chi connectivity index (χ0n) is 23.5. The highest BCUT2D eigenvalue weighted by Crippen LogP contribution is 2.27. The summed E-state index contributed by atoms with van der Waals surface area (Å²) in [6, 6.07) is 18.3. The van der Waals surface area contributed by atoms with Crippen LogP contribution < -0.4 is 10.2 Å². The molecule has 0 aliphatic carbocycles. The number of carbonyl (C=O) groups excluding carboxylic acids is 1. The number of nitrogens with zero attached hydrogens (tertiary/aromatic N) is 4. The number of anilines is 1. The Bertz CT molecular complexity index is 1300. The zero-order valence-corrected chi connectivity index (χ0v) is 24.3. The number of carbonyl (C=O) groups is 1. The van der Waals surface area contributed by atoms with Gasteiger partial charge in [-0.05, 0) is 49.9 Å². The fraction of sp³-hybridized carbons (Fsp3) is 0.406. The largest absolute Gasteiger partial charge is 0.376 e. The first-order valence-corrected chi connectivity index (χ1v) is 15.2. The summed E-state index contributed by atoms with van der Waals surface area (Å²) >= 11 is 1.62. The molecule has 8 heteroatoms. The van der Waals surface area contributed by atoms with Crippen LogP contribution in [0.5, 0.6) is 0 Å². The van der Waals surface area contributed by atoms with Crippen molar-refractivity contribution in [3.63, 3.8) is 0 Å². The second kappa shape index (κ2) is 13.9. The van der Waals surface area contributed by atoms with Crippen molar-refractivity contribution in [2.45, 2.75) is 43.7 Å². The highest BCUT2D eigenvalue weighted by molar-refractivity contribution is 7.98. The predicted molar refractivity (Wildman–Crippen MR) is 163 cm³/mol. The van der Waals surface area contributed by atoms with E-state index in [-0.39, 0.29) is 12.0 Å². The normalized spacial score (nSPS) is 17.9. The van der Waals surface area contributed by atoms with E-state index in [0.717, 1.165) is 80.0 Å². The van der Waals surface area contributed by atoms with E-state index in [4.69, 9.17) is 14.7 Å². The van der Waals surface area contributed by atoms with Gasteiger partial charge in [0.1, 0.15) is 5.82 Å². The predicted octanol–water partition coefficient (Wildman–Crippen LogP) is 5.13. The van der Waals surface area contributed by atoms with E-state index in [9.17, 15) is 4.79 Å². The highest BCUT2D eigenvalue weighted by Gasteiger charge is 2.21. The lowest BCUT2D eigenvalue weighted by Gasteiger charge is -2.35. The minimum Gasteiger partial charge on any atom is -0.376 e. The molecule has 2 aliphatic heterocycles. The first-order valence-electron chi connectivity index (χ1n) is 14.2. The number of ether oxygens (including phenoxy) is 1. The number of amides is 1. The minimum absolute atomic E-state index is 0.0539. The second-order valence-electron chi connectivity index (χ2n) is 10.5. The molecule has 1 amide bonds. The summed E-state index contributed by atoms with van der Waals surface area (Å²) in [5, 5.41) is 3.79. The van der Waals surface area contributed by atoms with Gasteiger partial charge in [-0.15, -0.1) is 0 Å². The van der Waals surface area contributed by atoms with Gasteiger partial charge in [-0.3, -0.25) is 9.69 Å². The number of benzene rings is 2. The summed E-state index contributed by atoms with van der Waals surface area (Å²) in [7, 11) is 0. The molecule has 0 saturated carbocycles. The van der Waals surface area contributed by atoms with Crippen LogP contribution in [0, 0.1) is 13.8 Å². The van der Waals surface area contributed by atoms with Gasteiger partial charge in [-0.1, -0.05) is 66.4 Å². The number of rotatable bonds is 10. The van der Waals surface area contributed by atoms with Crippen molar-refractivity contribution in [1.29, 1.82) is 0 Å². The summed E-state index contributed by atoms with van der Waals surface area (Å²) in [6.07, 6.45) is 6.66. The molecule has 7 nitrogen and oxygen atoms in total. The Morgan fingerprint density at radius 2 is 1.90 bits per heavy atom. The SMILES string of the molecule is Cc1nc(SCc2cccc(C(=O)NC[C@H]3CCCO3)c2)nc(N2CCN(C/C=C/c3ccccc3)CC2)c1C. The number of nitrogens with one attached hydrogen (secondary N) is 1. The standard InChI is InChI=1S/C32H39N5O2S/c1-24-25(2)34-32(40-23-27-11-6-13-28(21-27)31(38)33-22-29-14-8-20-39-29)35-30(24)37-18-16-36(17-19-37)15-7-12-26-9-4-3-5-10-26/h3-7,9-13,21,29H,8,14-20,22-23H2,1-2H3,(H,33,38)/b12-7+/t29-/m1/s1. The van der Waals surface area contributed by atoms with Crippen LogP contribution in [-0.2, 0) is 10.5 Å². The molecular formula is C32H39N5O2S. The first-order chi connectivity index (χ1) is 19.5. The van der Waals surface area contributed by atoms with Crippen molar-refractivity contribution in [3.8, 4) is 0 Å². The number of thioether (sulfide) groups is 1. The number of hydrogen-bond acceptors (Lipinski definition) is 7. The van der Waals surface area contributed by atoms with Gasteiger partial charge < -0.3 is 15.0 Å². The Morgan fingerprint density at radius 1 is 1.07 bits per heavy atom. The maximum absolute atomic E-state index is 12.7. The third-order valence-corrected chi connectivity index (χ3v) is 8.48. The molecule has 1 atom stereocenters. The number of piperazine rings is 1. The maximum Gasteiger partial charge on any atom is 0.251 e. The zero-order chi connectivity index (χ0) is 27.7.